The molecule has 1 aromatic carbocycles. The van der Waals surface area contributed by atoms with E-state index in [4.69, 9.17) is 0 Å². The predicted octanol–water partition coefficient (Wildman–Crippen LogP) is 2.99. The Labute approximate surface area is 142 Å². The summed E-state index contributed by atoms with van der Waals surface area (Å²) in [6.45, 7) is 5.65. The molecule has 1 aromatic rings. The van der Waals surface area contributed by atoms with E-state index in [0.29, 0.717) is 12.0 Å². The number of Topliss-reactive ketones (excluding diaryl/α,β-unsaturated/α-hetero) is 1. The molecule has 5 heteroatoms. The molecular formula is C19H24N2O3. The van der Waals surface area contributed by atoms with Crippen molar-refractivity contribution in [2.45, 2.75) is 52.0 Å². The van der Waals surface area contributed by atoms with Gasteiger partial charge in [-0.1, -0.05) is 43.5 Å². The van der Waals surface area contributed by atoms with Crippen molar-refractivity contribution < 1.29 is 14.4 Å². The van der Waals surface area contributed by atoms with Crippen LogP contribution in [0, 0.1) is 19.8 Å². The molecule has 0 unspecified atom stereocenters. The van der Waals surface area contributed by atoms with Gasteiger partial charge in [-0.25, -0.2) is 4.79 Å². The average Bonchev–Trinajstić information content (AvgIpc) is 2.75. The van der Waals surface area contributed by atoms with Gasteiger partial charge < -0.3 is 5.32 Å². The summed E-state index contributed by atoms with van der Waals surface area (Å²) in [6, 6.07) is 5.14. The molecule has 0 bridgehead atoms. The average molecular weight is 328 g/mol. The number of hydrogen-bond acceptors (Lipinski definition) is 3. The maximum atomic E-state index is 12.9. The van der Waals surface area contributed by atoms with Crippen LogP contribution >= 0.6 is 0 Å². The van der Waals surface area contributed by atoms with Gasteiger partial charge in [0.05, 0.1) is 6.54 Å². The van der Waals surface area contributed by atoms with Crippen molar-refractivity contribution in [2.24, 2.45) is 5.92 Å². The van der Waals surface area contributed by atoms with Crippen LogP contribution in [0.2, 0.25) is 0 Å². The standard InChI is InChI=1S/C19H24N2O3/c1-12-7-8-15(13(2)10-12)16(22)11-21-17(23)19(20-18(21)24)9-5-4-6-14(19)3/h7-8,10,14H,4-6,9,11H2,1-3H3,(H,20,24)/t14-,19-/m0/s1. The zero-order valence-electron chi connectivity index (χ0n) is 14.5. The Bertz CT molecular complexity index is 713. The number of rotatable bonds is 3. The molecule has 1 saturated carbocycles. The van der Waals surface area contributed by atoms with E-state index in [1.165, 1.54) is 0 Å². The van der Waals surface area contributed by atoms with Gasteiger partial charge in [0, 0.05) is 5.56 Å². The summed E-state index contributed by atoms with van der Waals surface area (Å²) in [5, 5.41) is 2.88. The van der Waals surface area contributed by atoms with E-state index >= 15 is 0 Å². The fraction of sp³-hybridized carbons (Fsp3) is 0.526. The van der Waals surface area contributed by atoms with Gasteiger partial charge in [0.15, 0.2) is 5.78 Å². The molecule has 24 heavy (non-hydrogen) atoms. The largest absolute Gasteiger partial charge is 0.325 e. The van der Waals surface area contributed by atoms with Crippen molar-refractivity contribution in [3.8, 4) is 0 Å². The molecule has 3 amide bonds. The van der Waals surface area contributed by atoms with Crippen LogP contribution < -0.4 is 5.32 Å². The Hall–Kier alpha value is -2.17. The second-order valence-electron chi connectivity index (χ2n) is 7.18. The molecule has 2 atom stereocenters. The van der Waals surface area contributed by atoms with Crippen LogP contribution in [-0.2, 0) is 4.79 Å². The number of carbonyl (C=O) groups is 3. The van der Waals surface area contributed by atoms with E-state index in [2.05, 4.69) is 5.32 Å². The lowest BCUT2D eigenvalue weighted by molar-refractivity contribution is -0.133. The Kier molecular flexibility index (Phi) is 4.20. The fourth-order valence-corrected chi connectivity index (χ4v) is 3.99. The van der Waals surface area contributed by atoms with E-state index < -0.39 is 11.6 Å². The van der Waals surface area contributed by atoms with Crippen molar-refractivity contribution in [2.75, 3.05) is 6.54 Å². The maximum absolute atomic E-state index is 12.9. The van der Waals surface area contributed by atoms with Crippen LogP contribution in [0.25, 0.3) is 0 Å². The first-order valence-electron chi connectivity index (χ1n) is 8.60. The number of aryl methyl sites for hydroxylation is 2. The minimum atomic E-state index is -0.808. The highest BCUT2D eigenvalue weighted by Gasteiger charge is 2.55. The fourth-order valence-electron chi connectivity index (χ4n) is 3.99. The third-order valence-corrected chi connectivity index (χ3v) is 5.49. The zero-order valence-corrected chi connectivity index (χ0v) is 14.5. The highest BCUT2D eigenvalue weighted by molar-refractivity contribution is 6.11. The third-order valence-electron chi connectivity index (χ3n) is 5.49. The van der Waals surface area contributed by atoms with Gasteiger partial charge >= 0.3 is 6.03 Å². The molecule has 3 rings (SSSR count). The summed E-state index contributed by atoms with van der Waals surface area (Å²) in [4.78, 5) is 39.0. The van der Waals surface area contributed by atoms with Gasteiger partial charge in [-0.05, 0) is 38.2 Å². The molecule has 0 radical (unpaired) electrons. The number of urea groups is 1. The number of nitrogens with zero attached hydrogens (tertiary/aromatic N) is 1. The highest BCUT2D eigenvalue weighted by atomic mass is 16.2. The van der Waals surface area contributed by atoms with Gasteiger partial charge in [0.25, 0.3) is 5.91 Å². The zero-order chi connectivity index (χ0) is 17.5. The monoisotopic (exact) mass is 328 g/mol. The summed E-state index contributed by atoms with van der Waals surface area (Å²) in [7, 11) is 0. The van der Waals surface area contributed by atoms with Crippen LogP contribution in [0.3, 0.4) is 0 Å². The van der Waals surface area contributed by atoms with Gasteiger partial charge in [0.2, 0.25) is 0 Å². The first-order valence-corrected chi connectivity index (χ1v) is 8.60. The molecule has 2 fully saturated rings. The lowest BCUT2D eigenvalue weighted by Gasteiger charge is -2.36. The smallest absolute Gasteiger partial charge is 0.323 e. The molecule has 1 heterocycles. The SMILES string of the molecule is Cc1ccc(C(=O)CN2C(=O)N[C@]3(CCCC[C@@H]3C)C2=O)c(C)c1. The minimum Gasteiger partial charge on any atom is -0.323 e. The number of benzene rings is 1. The number of nitrogens with one attached hydrogen (secondary N) is 1. The van der Waals surface area contributed by atoms with Crippen LogP contribution in [0.15, 0.2) is 18.2 Å². The van der Waals surface area contributed by atoms with E-state index in [1.807, 2.05) is 32.9 Å². The van der Waals surface area contributed by atoms with Crippen LogP contribution in [0.4, 0.5) is 4.79 Å². The summed E-state index contributed by atoms with van der Waals surface area (Å²) >= 11 is 0. The van der Waals surface area contributed by atoms with Gasteiger partial charge in [0.1, 0.15) is 5.54 Å². The minimum absolute atomic E-state index is 0.101. The Morgan fingerprint density at radius 2 is 2.04 bits per heavy atom. The second kappa shape index (κ2) is 6.04. The summed E-state index contributed by atoms with van der Waals surface area (Å²) in [6.07, 6.45) is 3.58. The van der Waals surface area contributed by atoms with E-state index in [9.17, 15) is 14.4 Å². The quantitative estimate of drug-likeness (QED) is 0.685. The molecular weight excluding hydrogens is 304 g/mol. The molecule has 1 aliphatic heterocycles. The number of carbonyl (C=O) groups excluding carboxylic acids is 3. The second-order valence-corrected chi connectivity index (χ2v) is 7.18. The van der Waals surface area contributed by atoms with Crippen molar-refractivity contribution >= 4 is 17.7 Å². The molecule has 1 saturated heterocycles. The molecule has 128 valence electrons. The number of amides is 3. The molecule has 2 aliphatic rings. The number of ketones is 1. The lowest BCUT2D eigenvalue weighted by atomic mass is 9.73. The first kappa shape index (κ1) is 16.7. The Morgan fingerprint density at radius 3 is 2.71 bits per heavy atom. The van der Waals surface area contributed by atoms with Crippen molar-refractivity contribution in [3.63, 3.8) is 0 Å². The van der Waals surface area contributed by atoms with E-state index in [1.54, 1.807) is 6.07 Å². The normalized spacial score (nSPS) is 26.8. The predicted molar refractivity (Wildman–Crippen MR) is 90.9 cm³/mol. The molecule has 1 aliphatic carbocycles. The number of imide groups is 1. The van der Waals surface area contributed by atoms with Crippen LogP contribution in [0.5, 0.6) is 0 Å². The van der Waals surface area contributed by atoms with Crippen molar-refractivity contribution in [3.05, 3.63) is 34.9 Å². The topological polar surface area (TPSA) is 66.5 Å². The van der Waals surface area contributed by atoms with Gasteiger partial charge in [-0.2, -0.15) is 0 Å². The maximum Gasteiger partial charge on any atom is 0.325 e. The van der Waals surface area contributed by atoms with Gasteiger partial charge in [-0.15, -0.1) is 0 Å². The molecule has 0 aromatic heterocycles. The summed E-state index contributed by atoms with van der Waals surface area (Å²) in [5.41, 5.74) is 1.71. The van der Waals surface area contributed by atoms with Crippen LogP contribution in [-0.4, -0.2) is 34.7 Å². The van der Waals surface area contributed by atoms with Crippen LogP contribution in [0.1, 0.15) is 54.1 Å². The first-order chi connectivity index (χ1) is 11.3. The highest BCUT2D eigenvalue weighted by Crippen LogP contribution is 2.38. The molecule has 5 nitrogen and oxygen atoms in total. The number of hydrogen-bond donors (Lipinski definition) is 1. The molecule has 1 spiro atoms. The lowest BCUT2D eigenvalue weighted by Crippen LogP contribution is -2.54. The summed E-state index contributed by atoms with van der Waals surface area (Å²) < 4.78 is 0. The molecule has 1 N–H and O–H groups in total. The van der Waals surface area contributed by atoms with Crippen molar-refractivity contribution in [1.29, 1.82) is 0 Å². The Balaban J connectivity index is 1.81. The van der Waals surface area contributed by atoms with Gasteiger partial charge in [-0.3, -0.25) is 14.5 Å². The van der Waals surface area contributed by atoms with E-state index in [0.717, 1.165) is 35.3 Å². The van der Waals surface area contributed by atoms with E-state index in [-0.39, 0.29) is 24.2 Å². The summed E-state index contributed by atoms with van der Waals surface area (Å²) in [5.74, 6) is -0.335. The third kappa shape index (κ3) is 2.62. The van der Waals surface area contributed by atoms with Crippen molar-refractivity contribution in [1.82, 2.24) is 10.2 Å². The Morgan fingerprint density at radius 1 is 1.29 bits per heavy atom.